The zero-order valence-electron chi connectivity index (χ0n) is 9.38. The molecule has 0 aromatic rings. The van der Waals surface area contributed by atoms with Crippen LogP contribution >= 0.6 is 0 Å². The van der Waals surface area contributed by atoms with Crippen LogP contribution in [0.25, 0.3) is 0 Å². The van der Waals surface area contributed by atoms with E-state index in [9.17, 15) is 4.79 Å². The number of nitrogens with one attached hydrogen (secondary N) is 2. The van der Waals surface area contributed by atoms with E-state index in [-0.39, 0.29) is 5.91 Å². The summed E-state index contributed by atoms with van der Waals surface area (Å²) >= 11 is 0. The number of rotatable bonds is 5. The molecular formula is C12H20N2O. The fourth-order valence-electron chi connectivity index (χ4n) is 2.08. The summed E-state index contributed by atoms with van der Waals surface area (Å²) in [6.07, 6.45) is 8.86. The monoisotopic (exact) mass is 208 g/mol. The molecule has 1 fully saturated rings. The van der Waals surface area contributed by atoms with Gasteiger partial charge in [0.05, 0.1) is 13.1 Å². The number of hydrogen-bond donors (Lipinski definition) is 2. The highest BCUT2D eigenvalue weighted by Gasteiger charge is 2.21. The van der Waals surface area contributed by atoms with Crippen molar-refractivity contribution >= 4 is 5.91 Å². The summed E-state index contributed by atoms with van der Waals surface area (Å²) in [5, 5.41) is 5.80. The third-order valence-corrected chi connectivity index (χ3v) is 2.90. The maximum Gasteiger partial charge on any atom is 0.233 e. The lowest BCUT2D eigenvalue weighted by atomic mass is 10.1. The van der Waals surface area contributed by atoms with Gasteiger partial charge in [-0.05, 0) is 24.7 Å². The van der Waals surface area contributed by atoms with Crippen molar-refractivity contribution in [2.75, 3.05) is 19.6 Å². The average molecular weight is 208 g/mol. The minimum Gasteiger partial charge on any atom is -0.355 e. The molecule has 2 unspecified atom stereocenters. The van der Waals surface area contributed by atoms with E-state index in [0.717, 1.165) is 12.5 Å². The fourth-order valence-corrected chi connectivity index (χ4v) is 2.08. The molecule has 15 heavy (non-hydrogen) atoms. The summed E-state index contributed by atoms with van der Waals surface area (Å²) in [4.78, 5) is 11.3. The zero-order chi connectivity index (χ0) is 11.1. The van der Waals surface area contributed by atoms with Crippen LogP contribution in [0.4, 0.5) is 0 Å². The molecule has 1 amide bonds. The topological polar surface area (TPSA) is 41.1 Å². The van der Waals surface area contributed by atoms with Gasteiger partial charge in [0.2, 0.25) is 5.91 Å². The van der Waals surface area contributed by atoms with Crippen molar-refractivity contribution < 1.29 is 4.79 Å². The largest absolute Gasteiger partial charge is 0.355 e. The van der Waals surface area contributed by atoms with Gasteiger partial charge in [-0.3, -0.25) is 10.1 Å². The summed E-state index contributed by atoms with van der Waals surface area (Å²) in [6.45, 7) is 3.87. The second-order valence-corrected chi connectivity index (χ2v) is 4.40. The van der Waals surface area contributed by atoms with Crippen molar-refractivity contribution in [3.63, 3.8) is 0 Å². The molecule has 2 N–H and O–H groups in total. The molecule has 0 aromatic heterocycles. The van der Waals surface area contributed by atoms with E-state index in [1.54, 1.807) is 0 Å². The van der Waals surface area contributed by atoms with Crippen molar-refractivity contribution in [2.24, 2.45) is 11.8 Å². The number of carbonyl (C=O) groups is 1. The van der Waals surface area contributed by atoms with Crippen molar-refractivity contribution in [1.82, 2.24) is 10.6 Å². The van der Waals surface area contributed by atoms with Gasteiger partial charge < -0.3 is 5.32 Å². The Balaban J connectivity index is 2.04. The predicted octanol–water partition coefficient (Wildman–Crippen LogP) is 0.762. The van der Waals surface area contributed by atoms with Crippen LogP contribution in [-0.2, 0) is 4.79 Å². The second-order valence-electron chi connectivity index (χ2n) is 4.40. The minimum atomic E-state index is 0.0461. The van der Waals surface area contributed by atoms with E-state index in [4.69, 9.17) is 6.42 Å². The second kappa shape index (κ2) is 6.47. The molecule has 0 aliphatic heterocycles. The van der Waals surface area contributed by atoms with E-state index in [2.05, 4.69) is 23.5 Å². The van der Waals surface area contributed by atoms with Gasteiger partial charge >= 0.3 is 0 Å². The van der Waals surface area contributed by atoms with Gasteiger partial charge in [-0.25, -0.2) is 0 Å². The lowest BCUT2D eigenvalue weighted by Gasteiger charge is -2.11. The van der Waals surface area contributed by atoms with E-state index in [1.165, 1.54) is 19.3 Å². The maximum atomic E-state index is 11.3. The number of hydrogen-bond acceptors (Lipinski definition) is 2. The van der Waals surface area contributed by atoms with Gasteiger partial charge in [0, 0.05) is 6.54 Å². The van der Waals surface area contributed by atoms with E-state index in [1.807, 2.05) is 0 Å². The molecule has 1 aliphatic rings. The normalized spacial score (nSPS) is 24.8. The highest BCUT2D eigenvalue weighted by atomic mass is 16.1. The van der Waals surface area contributed by atoms with Crippen LogP contribution in [-0.4, -0.2) is 25.5 Å². The highest BCUT2D eigenvalue weighted by Crippen LogP contribution is 2.29. The molecule has 0 heterocycles. The molecular weight excluding hydrogens is 188 g/mol. The Morgan fingerprint density at radius 2 is 2.33 bits per heavy atom. The molecule has 0 radical (unpaired) electrons. The average Bonchev–Trinajstić information content (AvgIpc) is 2.62. The summed E-state index contributed by atoms with van der Waals surface area (Å²) in [7, 11) is 0. The molecule has 84 valence electrons. The number of amides is 1. The van der Waals surface area contributed by atoms with E-state index < -0.39 is 0 Å². The van der Waals surface area contributed by atoms with Crippen LogP contribution in [0.5, 0.6) is 0 Å². The molecule has 0 bridgehead atoms. The van der Waals surface area contributed by atoms with Gasteiger partial charge in [0.1, 0.15) is 0 Å². The minimum absolute atomic E-state index is 0.0461. The van der Waals surface area contributed by atoms with E-state index in [0.29, 0.717) is 19.0 Å². The van der Waals surface area contributed by atoms with Crippen molar-refractivity contribution in [3.8, 4) is 12.3 Å². The Hall–Kier alpha value is -1.01. The Bertz CT molecular complexity index is 244. The molecule has 1 saturated carbocycles. The Morgan fingerprint density at radius 1 is 1.53 bits per heavy atom. The predicted molar refractivity (Wildman–Crippen MR) is 61.2 cm³/mol. The fraction of sp³-hybridized carbons (Fsp3) is 0.750. The van der Waals surface area contributed by atoms with Crippen molar-refractivity contribution in [1.29, 1.82) is 0 Å². The van der Waals surface area contributed by atoms with E-state index >= 15 is 0 Å². The molecule has 1 aliphatic carbocycles. The lowest BCUT2D eigenvalue weighted by Crippen LogP contribution is -2.36. The van der Waals surface area contributed by atoms with Crippen LogP contribution in [0.2, 0.25) is 0 Å². The highest BCUT2D eigenvalue weighted by molar-refractivity contribution is 5.77. The third-order valence-electron chi connectivity index (χ3n) is 2.90. The smallest absolute Gasteiger partial charge is 0.233 e. The zero-order valence-corrected chi connectivity index (χ0v) is 9.38. The van der Waals surface area contributed by atoms with Crippen LogP contribution in [0.1, 0.15) is 26.2 Å². The molecule has 0 spiro atoms. The van der Waals surface area contributed by atoms with Crippen molar-refractivity contribution in [3.05, 3.63) is 0 Å². The third kappa shape index (κ3) is 4.85. The first kappa shape index (κ1) is 12.1. The van der Waals surface area contributed by atoms with Gasteiger partial charge in [-0.15, -0.1) is 6.42 Å². The van der Waals surface area contributed by atoms with Gasteiger partial charge in [-0.2, -0.15) is 0 Å². The van der Waals surface area contributed by atoms with Crippen LogP contribution < -0.4 is 10.6 Å². The molecule has 1 rings (SSSR count). The molecule has 0 saturated heterocycles. The summed E-state index contributed by atoms with van der Waals surface area (Å²) in [5.41, 5.74) is 0. The first-order chi connectivity index (χ1) is 7.22. The maximum absolute atomic E-state index is 11.3. The molecule has 2 atom stereocenters. The SMILES string of the molecule is C#CCNCC(=O)NCC1CCC(C)C1. The van der Waals surface area contributed by atoms with Crippen molar-refractivity contribution in [2.45, 2.75) is 26.2 Å². The first-order valence-electron chi connectivity index (χ1n) is 5.63. The summed E-state index contributed by atoms with van der Waals surface area (Å²) in [6, 6.07) is 0. The number of terminal acetylenes is 1. The summed E-state index contributed by atoms with van der Waals surface area (Å²) < 4.78 is 0. The van der Waals surface area contributed by atoms with Gasteiger partial charge in [-0.1, -0.05) is 19.3 Å². The number of carbonyl (C=O) groups excluding carboxylic acids is 1. The van der Waals surface area contributed by atoms with Gasteiger partial charge in [0.15, 0.2) is 0 Å². The Labute approximate surface area is 92.0 Å². The lowest BCUT2D eigenvalue weighted by molar-refractivity contribution is -0.120. The Kier molecular flexibility index (Phi) is 5.20. The molecule has 3 heteroatoms. The summed E-state index contributed by atoms with van der Waals surface area (Å²) in [5.74, 6) is 3.98. The van der Waals surface area contributed by atoms with Crippen LogP contribution in [0, 0.1) is 24.2 Å². The van der Waals surface area contributed by atoms with Crippen LogP contribution in [0.3, 0.4) is 0 Å². The Morgan fingerprint density at radius 3 is 2.93 bits per heavy atom. The molecule has 3 nitrogen and oxygen atoms in total. The quantitative estimate of drug-likeness (QED) is 0.517. The standard InChI is InChI=1S/C12H20N2O/c1-3-6-13-9-12(15)14-8-11-5-4-10(2)7-11/h1,10-11,13H,4-9H2,2H3,(H,14,15). The van der Waals surface area contributed by atoms with Crippen LogP contribution in [0.15, 0.2) is 0 Å². The van der Waals surface area contributed by atoms with Gasteiger partial charge in [0.25, 0.3) is 0 Å². The first-order valence-corrected chi connectivity index (χ1v) is 5.63. The molecule has 0 aromatic carbocycles.